The topological polar surface area (TPSA) is 36.4 Å². The Labute approximate surface area is 112 Å². The standard InChI is InChI=1S/C13H19N3OS/c1-15(2)7-4-8-16-12(17)10-18-13(16)11-5-3-6-14-9-11/h3,5-6,9,13H,4,7-8,10H2,1-2H3. The Morgan fingerprint density at radius 2 is 2.39 bits per heavy atom. The van der Waals surface area contributed by atoms with Gasteiger partial charge in [0.15, 0.2) is 0 Å². The molecule has 0 bridgehead atoms. The zero-order chi connectivity index (χ0) is 13.0. The molecule has 1 saturated heterocycles. The highest BCUT2D eigenvalue weighted by Crippen LogP contribution is 2.38. The van der Waals surface area contributed by atoms with E-state index in [-0.39, 0.29) is 11.3 Å². The van der Waals surface area contributed by atoms with Gasteiger partial charge in [-0.3, -0.25) is 9.78 Å². The number of aromatic nitrogens is 1. The number of carbonyl (C=O) groups is 1. The van der Waals surface area contributed by atoms with Gasteiger partial charge in [0.25, 0.3) is 0 Å². The third kappa shape index (κ3) is 3.23. The van der Waals surface area contributed by atoms with Crippen molar-refractivity contribution in [1.29, 1.82) is 0 Å². The van der Waals surface area contributed by atoms with E-state index in [4.69, 9.17) is 0 Å². The molecule has 0 N–H and O–H groups in total. The van der Waals surface area contributed by atoms with Crippen molar-refractivity contribution in [3.8, 4) is 0 Å². The van der Waals surface area contributed by atoms with Gasteiger partial charge in [0.2, 0.25) is 5.91 Å². The molecule has 1 fully saturated rings. The molecule has 5 heteroatoms. The number of hydrogen-bond acceptors (Lipinski definition) is 4. The first-order valence-electron chi connectivity index (χ1n) is 6.14. The fraction of sp³-hybridized carbons (Fsp3) is 0.538. The zero-order valence-corrected chi connectivity index (χ0v) is 11.7. The van der Waals surface area contributed by atoms with Crippen LogP contribution in [0.1, 0.15) is 17.4 Å². The smallest absolute Gasteiger partial charge is 0.233 e. The van der Waals surface area contributed by atoms with Crippen LogP contribution in [0, 0.1) is 0 Å². The highest BCUT2D eigenvalue weighted by Gasteiger charge is 2.32. The molecule has 2 rings (SSSR count). The molecule has 2 heterocycles. The lowest BCUT2D eigenvalue weighted by atomic mass is 10.2. The molecule has 18 heavy (non-hydrogen) atoms. The Morgan fingerprint density at radius 1 is 1.56 bits per heavy atom. The van der Waals surface area contributed by atoms with E-state index >= 15 is 0 Å². The monoisotopic (exact) mass is 265 g/mol. The van der Waals surface area contributed by atoms with Gasteiger partial charge in [-0.1, -0.05) is 6.07 Å². The predicted molar refractivity (Wildman–Crippen MR) is 74.3 cm³/mol. The van der Waals surface area contributed by atoms with E-state index < -0.39 is 0 Å². The Morgan fingerprint density at radius 3 is 3.06 bits per heavy atom. The normalized spacial score (nSPS) is 19.8. The van der Waals surface area contributed by atoms with Crippen LogP contribution in [-0.2, 0) is 4.79 Å². The van der Waals surface area contributed by atoms with Gasteiger partial charge in [-0.2, -0.15) is 0 Å². The van der Waals surface area contributed by atoms with E-state index in [9.17, 15) is 4.79 Å². The summed E-state index contributed by atoms with van der Waals surface area (Å²) < 4.78 is 0. The fourth-order valence-electron chi connectivity index (χ4n) is 2.05. The van der Waals surface area contributed by atoms with Crippen LogP contribution in [-0.4, -0.2) is 53.6 Å². The van der Waals surface area contributed by atoms with Crippen molar-refractivity contribution < 1.29 is 4.79 Å². The maximum Gasteiger partial charge on any atom is 0.233 e. The van der Waals surface area contributed by atoms with Crippen molar-refractivity contribution in [1.82, 2.24) is 14.8 Å². The fourth-order valence-corrected chi connectivity index (χ4v) is 3.25. The Hall–Kier alpha value is -1.07. The molecule has 1 unspecified atom stereocenters. The van der Waals surface area contributed by atoms with Crippen molar-refractivity contribution in [3.05, 3.63) is 30.1 Å². The van der Waals surface area contributed by atoms with Gasteiger partial charge >= 0.3 is 0 Å². The average molecular weight is 265 g/mol. The van der Waals surface area contributed by atoms with Crippen LogP contribution in [0.3, 0.4) is 0 Å². The molecular formula is C13H19N3OS. The lowest BCUT2D eigenvalue weighted by molar-refractivity contribution is -0.128. The molecule has 1 aliphatic heterocycles. The molecule has 0 aliphatic carbocycles. The molecule has 1 aliphatic rings. The van der Waals surface area contributed by atoms with E-state index in [0.29, 0.717) is 5.75 Å². The van der Waals surface area contributed by atoms with E-state index in [1.807, 2.05) is 23.2 Å². The minimum absolute atomic E-state index is 0.147. The number of pyridine rings is 1. The average Bonchev–Trinajstić information content (AvgIpc) is 2.72. The van der Waals surface area contributed by atoms with E-state index in [1.54, 1.807) is 18.0 Å². The van der Waals surface area contributed by atoms with Gasteiger partial charge in [-0.05, 0) is 33.1 Å². The molecule has 1 aromatic rings. The van der Waals surface area contributed by atoms with E-state index in [0.717, 1.165) is 25.1 Å². The number of nitrogens with zero attached hydrogens (tertiary/aromatic N) is 3. The molecule has 1 aromatic heterocycles. The van der Waals surface area contributed by atoms with Gasteiger partial charge in [0.05, 0.1) is 5.75 Å². The highest BCUT2D eigenvalue weighted by atomic mass is 32.2. The van der Waals surface area contributed by atoms with Gasteiger partial charge < -0.3 is 9.80 Å². The van der Waals surface area contributed by atoms with Crippen LogP contribution in [0.2, 0.25) is 0 Å². The van der Waals surface area contributed by atoms with Crippen LogP contribution in [0.15, 0.2) is 24.5 Å². The quantitative estimate of drug-likeness (QED) is 0.810. The molecule has 1 amide bonds. The number of rotatable bonds is 5. The van der Waals surface area contributed by atoms with Crippen molar-refractivity contribution in [3.63, 3.8) is 0 Å². The molecular weight excluding hydrogens is 246 g/mol. The summed E-state index contributed by atoms with van der Waals surface area (Å²) in [4.78, 5) is 20.2. The maximum atomic E-state index is 11.9. The van der Waals surface area contributed by atoms with Crippen LogP contribution in [0.5, 0.6) is 0 Å². The summed E-state index contributed by atoms with van der Waals surface area (Å²) in [5.74, 6) is 0.828. The number of carbonyl (C=O) groups excluding carboxylic acids is 1. The van der Waals surface area contributed by atoms with Crippen LogP contribution >= 0.6 is 11.8 Å². The maximum absolute atomic E-state index is 11.9. The lowest BCUT2D eigenvalue weighted by Crippen LogP contribution is -2.31. The Kier molecular flexibility index (Phi) is 4.60. The number of thioether (sulfide) groups is 1. The molecule has 98 valence electrons. The molecule has 1 atom stereocenters. The van der Waals surface area contributed by atoms with Gasteiger partial charge in [0.1, 0.15) is 5.37 Å². The summed E-state index contributed by atoms with van der Waals surface area (Å²) in [6.45, 7) is 1.83. The summed E-state index contributed by atoms with van der Waals surface area (Å²) >= 11 is 1.69. The zero-order valence-electron chi connectivity index (χ0n) is 10.9. The Bertz CT molecular complexity index is 396. The number of amides is 1. The van der Waals surface area contributed by atoms with Gasteiger partial charge in [-0.15, -0.1) is 11.8 Å². The summed E-state index contributed by atoms with van der Waals surface area (Å²) in [5.41, 5.74) is 1.12. The molecule has 4 nitrogen and oxygen atoms in total. The van der Waals surface area contributed by atoms with Crippen molar-refractivity contribution in [2.24, 2.45) is 0 Å². The second-order valence-corrected chi connectivity index (χ2v) is 5.76. The third-order valence-electron chi connectivity index (χ3n) is 2.94. The second-order valence-electron chi connectivity index (χ2n) is 4.69. The van der Waals surface area contributed by atoms with Crippen molar-refractivity contribution in [2.45, 2.75) is 11.8 Å². The minimum atomic E-state index is 0.147. The first-order valence-corrected chi connectivity index (χ1v) is 7.19. The van der Waals surface area contributed by atoms with Gasteiger partial charge in [-0.25, -0.2) is 0 Å². The van der Waals surface area contributed by atoms with Crippen LogP contribution in [0.25, 0.3) is 0 Å². The van der Waals surface area contributed by atoms with E-state index in [2.05, 4.69) is 24.0 Å². The summed E-state index contributed by atoms with van der Waals surface area (Å²) in [6, 6.07) is 3.97. The second kappa shape index (κ2) is 6.20. The molecule has 0 aromatic carbocycles. The number of hydrogen-bond donors (Lipinski definition) is 0. The summed E-state index contributed by atoms with van der Waals surface area (Å²) in [7, 11) is 4.11. The van der Waals surface area contributed by atoms with Crippen LogP contribution < -0.4 is 0 Å². The van der Waals surface area contributed by atoms with Gasteiger partial charge in [0, 0.05) is 24.5 Å². The first-order chi connectivity index (χ1) is 8.68. The van der Waals surface area contributed by atoms with Crippen molar-refractivity contribution in [2.75, 3.05) is 32.9 Å². The SMILES string of the molecule is CN(C)CCCN1C(=O)CSC1c1cccnc1. The minimum Gasteiger partial charge on any atom is -0.326 e. The summed E-state index contributed by atoms with van der Waals surface area (Å²) in [5, 5.41) is 0.147. The van der Waals surface area contributed by atoms with Crippen LogP contribution in [0.4, 0.5) is 0 Å². The van der Waals surface area contributed by atoms with Crippen molar-refractivity contribution >= 4 is 17.7 Å². The molecule has 0 saturated carbocycles. The summed E-state index contributed by atoms with van der Waals surface area (Å²) in [6.07, 6.45) is 4.63. The van der Waals surface area contributed by atoms with E-state index in [1.165, 1.54) is 0 Å². The highest BCUT2D eigenvalue weighted by molar-refractivity contribution is 8.00. The largest absolute Gasteiger partial charge is 0.326 e. The Balaban J connectivity index is 1.99. The molecule has 0 spiro atoms. The third-order valence-corrected chi connectivity index (χ3v) is 4.20. The molecule has 0 radical (unpaired) electrons. The first kappa shape index (κ1) is 13.4. The lowest BCUT2D eigenvalue weighted by Gasteiger charge is -2.24. The predicted octanol–water partition coefficient (Wildman–Crippen LogP) is 1.61.